The Balaban J connectivity index is 1.74. The smallest absolute Gasteiger partial charge is 0.330 e. The molecule has 0 bridgehead atoms. The first-order chi connectivity index (χ1) is 15.0. The van der Waals surface area contributed by atoms with E-state index < -0.39 is 28.1 Å². The first-order valence-corrected chi connectivity index (χ1v) is 10.3. The van der Waals surface area contributed by atoms with Gasteiger partial charge in [0.1, 0.15) is 5.82 Å². The minimum absolute atomic E-state index is 0.0547. The van der Waals surface area contributed by atoms with Gasteiger partial charge in [0.15, 0.2) is 11.6 Å². The van der Waals surface area contributed by atoms with Crippen molar-refractivity contribution in [2.24, 2.45) is 28.3 Å². The molecular weight excluding hydrogens is 432 g/mol. The van der Waals surface area contributed by atoms with E-state index in [1.54, 1.807) is 0 Å². The summed E-state index contributed by atoms with van der Waals surface area (Å²) in [6, 6.07) is 2.19. The van der Waals surface area contributed by atoms with E-state index in [-0.39, 0.29) is 29.7 Å². The maximum atomic E-state index is 14.1. The Hall–Kier alpha value is -2.73. The number of rotatable bonds is 6. The zero-order valence-electron chi connectivity index (χ0n) is 17.3. The molecule has 1 saturated carbocycles. The summed E-state index contributed by atoms with van der Waals surface area (Å²) < 4.78 is 52.2. The number of nitrogens with one attached hydrogen (secondary N) is 2. The molecule has 1 heterocycles. The van der Waals surface area contributed by atoms with E-state index in [1.165, 1.54) is 0 Å². The maximum absolute atomic E-state index is 14.1. The van der Waals surface area contributed by atoms with Crippen molar-refractivity contribution in [3.63, 3.8) is 0 Å². The van der Waals surface area contributed by atoms with Crippen LogP contribution >= 0.6 is 0 Å². The normalized spacial score (nSPS) is 27.4. The summed E-state index contributed by atoms with van der Waals surface area (Å²) in [6.45, 7) is 0.332. The van der Waals surface area contributed by atoms with Crippen molar-refractivity contribution in [2.45, 2.75) is 50.5 Å². The Kier molecular flexibility index (Phi) is 7.03. The molecule has 32 heavy (non-hydrogen) atoms. The van der Waals surface area contributed by atoms with Gasteiger partial charge in [-0.2, -0.15) is 13.2 Å². The molecule has 0 radical (unpaired) electrons. The molecule has 0 spiro atoms. The molecule has 0 amide bonds. The quantitative estimate of drug-likeness (QED) is 0.295. The molecule has 176 valence electrons. The highest BCUT2D eigenvalue weighted by Gasteiger charge is 2.44. The van der Waals surface area contributed by atoms with Crippen LogP contribution in [0.15, 0.2) is 35.1 Å². The van der Waals surface area contributed by atoms with E-state index >= 15 is 0 Å². The van der Waals surface area contributed by atoms with Gasteiger partial charge in [-0.25, -0.2) is 9.38 Å². The maximum Gasteiger partial charge on any atom is 0.416 e. The lowest BCUT2D eigenvalue weighted by Crippen LogP contribution is -2.64. The van der Waals surface area contributed by atoms with Gasteiger partial charge in [0, 0.05) is 5.56 Å². The molecule has 1 fully saturated rings. The second-order valence-corrected chi connectivity index (χ2v) is 8.32. The van der Waals surface area contributed by atoms with Crippen LogP contribution in [-0.4, -0.2) is 23.1 Å². The van der Waals surface area contributed by atoms with Gasteiger partial charge in [-0.3, -0.25) is 15.8 Å². The molecule has 0 saturated heterocycles. The summed E-state index contributed by atoms with van der Waals surface area (Å²) >= 11 is 0. The van der Waals surface area contributed by atoms with Crippen LogP contribution in [0.2, 0.25) is 0 Å². The van der Waals surface area contributed by atoms with Gasteiger partial charge in [-0.15, -0.1) is 0 Å². The summed E-state index contributed by atoms with van der Waals surface area (Å²) in [5.41, 5.74) is 9.22. The van der Waals surface area contributed by atoms with Crippen LogP contribution in [0.25, 0.3) is 0 Å². The number of alkyl halides is 3. The van der Waals surface area contributed by atoms with E-state index in [2.05, 4.69) is 15.6 Å². The molecule has 8 nitrogen and oxygen atoms in total. The van der Waals surface area contributed by atoms with Gasteiger partial charge in [-0.1, -0.05) is 6.07 Å². The third kappa shape index (κ3) is 5.54. The van der Waals surface area contributed by atoms with E-state index in [1.807, 2.05) is 0 Å². The molecule has 0 aromatic heterocycles. The van der Waals surface area contributed by atoms with Crippen molar-refractivity contribution >= 4 is 5.96 Å². The van der Waals surface area contributed by atoms with Gasteiger partial charge in [0.05, 0.1) is 23.2 Å². The number of aliphatic imine (C=N–C) groups is 1. The van der Waals surface area contributed by atoms with Crippen LogP contribution in [0.4, 0.5) is 17.6 Å². The molecule has 6 N–H and O–H groups in total. The summed E-state index contributed by atoms with van der Waals surface area (Å²) in [6.07, 6.45) is 0.358. The number of guanidine groups is 1. The first kappa shape index (κ1) is 23.9. The second-order valence-electron chi connectivity index (χ2n) is 8.32. The largest absolute Gasteiger partial charge is 0.416 e. The number of hydrogen-bond donors (Lipinski definition) is 4. The van der Waals surface area contributed by atoms with Crippen LogP contribution in [0, 0.1) is 27.8 Å². The SMILES string of the molecule is NCC1CCC(CC2(N)NC(=NCc3ccc(C(F)(F)F)cc3F)NC=C2[N+](=O)[O-])CC1. The lowest BCUT2D eigenvalue weighted by atomic mass is 9.77. The Morgan fingerprint density at radius 1 is 1.22 bits per heavy atom. The summed E-state index contributed by atoms with van der Waals surface area (Å²) in [5.74, 6) is -0.363. The van der Waals surface area contributed by atoms with Crippen LogP contribution in [0.1, 0.15) is 43.2 Å². The highest BCUT2D eigenvalue weighted by molar-refractivity contribution is 5.83. The van der Waals surface area contributed by atoms with Crippen LogP contribution in [0.3, 0.4) is 0 Å². The van der Waals surface area contributed by atoms with Crippen molar-refractivity contribution in [3.8, 4) is 0 Å². The number of nitrogens with two attached hydrogens (primary N) is 2. The molecule has 1 unspecified atom stereocenters. The highest BCUT2D eigenvalue weighted by atomic mass is 19.4. The number of nitro groups is 1. The zero-order chi connectivity index (χ0) is 23.5. The van der Waals surface area contributed by atoms with Crippen molar-refractivity contribution in [1.82, 2.24) is 10.6 Å². The van der Waals surface area contributed by atoms with E-state index in [0.29, 0.717) is 24.9 Å². The van der Waals surface area contributed by atoms with Gasteiger partial charge in [0.25, 0.3) is 0 Å². The minimum atomic E-state index is -4.65. The third-order valence-electron chi connectivity index (χ3n) is 6.04. The van der Waals surface area contributed by atoms with Crippen molar-refractivity contribution < 1.29 is 22.5 Å². The summed E-state index contributed by atoms with van der Waals surface area (Å²) in [4.78, 5) is 15.1. The average molecular weight is 458 g/mol. The number of hydrogen-bond acceptors (Lipinski definition) is 5. The topological polar surface area (TPSA) is 132 Å². The lowest BCUT2D eigenvalue weighted by Gasteiger charge is -2.37. The number of halogens is 4. The predicted octanol–water partition coefficient (Wildman–Crippen LogP) is 2.82. The fourth-order valence-corrected chi connectivity index (χ4v) is 4.18. The first-order valence-electron chi connectivity index (χ1n) is 10.3. The van der Waals surface area contributed by atoms with E-state index in [4.69, 9.17) is 11.5 Å². The molecule has 3 rings (SSSR count). The number of nitrogens with zero attached hydrogens (tertiary/aromatic N) is 2. The highest BCUT2D eigenvalue weighted by Crippen LogP contribution is 2.35. The van der Waals surface area contributed by atoms with Crippen molar-refractivity contribution in [2.75, 3.05) is 6.54 Å². The summed E-state index contributed by atoms with van der Waals surface area (Å²) in [5, 5.41) is 17.0. The Labute approximate surface area is 182 Å². The van der Waals surface area contributed by atoms with Crippen molar-refractivity contribution in [1.29, 1.82) is 0 Å². The predicted molar refractivity (Wildman–Crippen MR) is 110 cm³/mol. The Morgan fingerprint density at radius 2 is 1.88 bits per heavy atom. The lowest BCUT2D eigenvalue weighted by molar-refractivity contribution is -0.437. The standard InChI is InChI=1S/C20H26F4N6O2/c21-16-7-15(20(22,23)24)6-5-14(16)10-27-18-28-11-17(30(31)32)19(26,29-18)8-12-1-3-13(9-25)4-2-12/h5-7,11-13H,1-4,8-10,25-26H2,(H2,27,28,29). The van der Waals surface area contributed by atoms with Gasteiger partial charge < -0.3 is 16.4 Å². The van der Waals surface area contributed by atoms with Crippen LogP contribution in [-0.2, 0) is 12.7 Å². The fraction of sp³-hybridized carbons (Fsp3) is 0.550. The molecule has 1 aliphatic heterocycles. The minimum Gasteiger partial charge on any atom is -0.330 e. The molecule has 12 heteroatoms. The second kappa shape index (κ2) is 9.41. The van der Waals surface area contributed by atoms with Crippen LogP contribution < -0.4 is 22.1 Å². The Bertz CT molecular complexity index is 912. The van der Waals surface area contributed by atoms with Crippen molar-refractivity contribution in [3.05, 3.63) is 57.2 Å². The van der Waals surface area contributed by atoms with E-state index in [9.17, 15) is 27.7 Å². The molecule has 1 aromatic carbocycles. The number of benzene rings is 1. The summed E-state index contributed by atoms with van der Waals surface area (Å²) in [7, 11) is 0. The molecule has 1 atom stereocenters. The monoisotopic (exact) mass is 458 g/mol. The van der Waals surface area contributed by atoms with Gasteiger partial charge in [-0.05, 0) is 62.6 Å². The fourth-order valence-electron chi connectivity index (χ4n) is 4.18. The molecule has 1 aromatic rings. The average Bonchev–Trinajstić information content (AvgIpc) is 2.72. The molecule has 1 aliphatic carbocycles. The van der Waals surface area contributed by atoms with Crippen LogP contribution in [0.5, 0.6) is 0 Å². The zero-order valence-corrected chi connectivity index (χ0v) is 17.3. The third-order valence-corrected chi connectivity index (χ3v) is 6.04. The Morgan fingerprint density at radius 3 is 2.44 bits per heavy atom. The molecule has 2 aliphatic rings. The van der Waals surface area contributed by atoms with Gasteiger partial charge in [0.2, 0.25) is 0 Å². The van der Waals surface area contributed by atoms with Gasteiger partial charge >= 0.3 is 11.9 Å². The van der Waals surface area contributed by atoms with E-state index in [0.717, 1.165) is 44.0 Å². The molecular formula is C20H26F4N6O2.